The molecule has 6 nitrogen and oxygen atoms in total. The molecule has 0 fully saturated rings. The number of nitrogens with one attached hydrogen (secondary N) is 1. The molecule has 0 saturated heterocycles. The lowest BCUT2D eigenvalue weighted by atomic mass is 10.0. The number of nitrogens with zero attached hydrogens (tertiary/aromatic N) is 1. The molecule has 33 heavy (non-hydrogen) atoms. The van der Waals surface area contributed by atoms with Crippen LogP contribution in [0.1, 0.15) is 16.7 Å². The minimum Gasteiger partial charge on any atom is -0.455 e. The van der Waals surface area contributed by atoms with Crippen LogP contribution in [-0.2, 0) is 25.5 Å². The van der Waals surface area contributed by atoms with E-state index in [0.717, 1.165) is 33.5 Å². The van der Waals surface area contributed by atoms with Crippen molar-refractivity contribution >= 4 is 23.5 Å². The number of carbonyl (C=O) groups excluding carboxylic acids is 3. The third-order valence-corrected chi connectivity index (χ3v) is 5.32. The number of rotatable bonds is 8. The van der Waals surface area contributed by atoms with Crippen LogP contribution >= 0.6 is 0 Å². The number of likely N-dealkylation sites (N-methyl/N-ethyl adjacent to an activating group) is 1. The van der Waals surface area contributed by atoms with E-state index in [0.29, 0.717) is 0 Å². The normalized spacial score (nSPS) is 10.4. The van der Waals surface area contributed by atoms with E-state index in [9.17, 15) is 14.4 Å². The first-order valence-electron chi connectivity index (χ1n) is 10.7. The Bertz CT molecular complexity index is 1100. The highest BCUT2D eigenvalue weighted by Gasteiger charge is 2.16. The molecular formula is C27H28N2O4. The van der Waals surface area contributed by atoms with Crippen LogP contribution in [0.2, 0.25) is 0 Å². The summed E-state index contributed by atoms with van der Waals surface area (Å²) in [5.74, 6) is -1.25. The standard InChI is InChI=1S/C27H28N2O4/c1-19-8-7-9-20(2)27(19)28-24(30)17-29(3)25(31)18-33-26(32)16-21-12-14-23(15-13-21)22-10-5-4-6-11-22/h4-15H,16-18H2,1-3H3,(H,28,30). The summed E-state index contributed by atoms with van der Waals surface area (Å²) in [6, 6.07) is 23.3. The second-order valence-electron chi connectivity index (χ2n) is 7.97. The van der Waals surface area contributed by atoms with Crippen molar-refractivity contribution in [1.29, 1.82) is 0 Å². The van der Waals surface area contributed by atoms with E-state index < -0.39 is 18.5 Å². The molecule has 0 atom stereocenters. The molecule has 0 aliphatic heterocycles. The van der Waals surface area contributed by atoms with Gasteiger partial charge in [-0.2, -0.15) is 0 Å². The van der Waals surface area contributed by atoms with E-state index in [2.05, 4.69) is 5.32 Å². The van der Waals surface area contributed by atoms with Crippen molar-refractivity contribution in [3.63, 3.8) is 0 Å². The number of esters is 1. The van der Waals surface area contributed by atoms with Crippen molar-refractivity contribution in [2.45, 2.75) is 20.3 Å². The van der Waals surface area contributed by atoms with E-state index >= 15 is 0 Å². The maximum absolute atomic E-state index is 12.3. The summed E-state index contributed by atoms with van der Waals surface area (Å²) in [6.07, 6.45) is 0.0686. The van der Waals surface area contributed by atoms with Crippen molar-refractivity contribution in [3.8, 4) is 11.1 Å². The lowest BCUT2D eigenvalue weighted by Gasteiger charge is -2.18. The molecule has 0 aromatic heterocycles. The molecule has 6 heteroatoms. The minimum atomic E-state index is -0.496. The van der Waals surface area contributed by atoms with E-state index in [1.54, 1.807) is 0 Å². The SMILES string of the molecule is Cc1cccc(C)c1NC(=O)CN(C)C(=O)COC(=O)Cc1ccc(-c2ccccc2)cc1. The lowest BCUT2D eigenvalue weighted by Crippen LogP contribution is -2.37. The molecule has 0 heterocycles. The third-order valence-electron chi connectivity index (χ3n) is 5.32. The van der Waals surface area contributed by atoms with Crippen LogP contribution in [0.25, 0.3) is 11.1 Å². The molecule has 0 saturated carbocycles. The van der Waals surface area contributed by atoms with Crippen molar-refractivity contribution in [2.24, 2.45) is 0 Å². The zero-order valence-corrected chi connectivity index (χ0v) is 19.1. The van der Waals surface area contributed by atoms with Gasteiger partial charge in [0.1, 0.15) is 0 Å². The van der Waals surface area contributed by atoms with E-state index in [1.807, 2.05) is 86.6 Å². The summed E-state index contributed by atoms with van der Waals surface area (Å²) in [5.41, 5.74) is 5.60. The lowest BCUT2D eigenvalue weighted by molar-refractivity contribution is -0.151. The molecule has 0 aliphatic rings. The number of carbonyl (C=O) groups is 3. The fraction of sp³-hybridized carbons (Fsp3) is 0.222. The Morgan fingerprint density at radius 3 is 2.06 bits per heavy atom. The smallest absolute Gasteiger partial charge is 0.310 e. The zero-order chi connectivity index (χ0) is 23.8. The van der Waals surface area contributed by atoms with Gasteiger partial charge in [0.25, 0.3) is 5.91 Å². The highest BCUT2D eigenvalue weighted by Crippen LogP contribution is 2.20. The van der Waals surface area contributed by atoms with Crippen LogP contribution in [-0.4, -0.2) is 42.9 Å². The highest BCUT2D eigenvalue weighted by atomic mass is 16.5. The van der Waals surface area contributed by atoms with E-state index in [-0.39, 0.29) is 18.9 Å². The topological polar surface area (TPSA) is 75.7 Å². The number of amides is 2. The summed E-state index contributed by atoms with van der Waals surface area (Å²) in [4.78, 5) is 38.0. The van der Waals surface area contributed by atoms with E-state index in [4.69, 9.17) is 4.74 Å². The van der Waals surface area contributed by atoms with Crippen molar-refractivity contribution in [3.05, 3.63) is 89.5 Å². The molecule has 0 bridgehead atoms. The van der Waals surface area contributed by atoms with Crippen molar-refractivity contribution in [1.82, 2.24) is 4.90 Å². The number of anilines is 1. The molecule has 3 aromatic rings. The Morgan fingerprint density at radius 1 is 0.818 bits per heavy atom. The molecule has 3 rings (SSSR count). The van der Waals surface area contributed by atoms with Crippen LogP contribution in [0, 0.1) is 13.8 Å². The van der Waals surface area contributed by atoms with Gasteiger partial charge in [-0.05, 0) is 41.7 Å². The Balaban J connectivity index is 1.44. The number of hydrogen-bond acceptors (Lipinski definition) is 4. The van der Waals surface area contributed by atoms with E-state index in [1.165, 1.54) is 11.9 Å². The number of hydrogen-bond donors (Lipinski definition) is 1. The van der Waals surface area contributed by atoms with Crippen LogP contribution in [0.4, 0.5) is 5.69 Å². The Morgan fingerprint density at radius 2 is 1.42 bits per heavy atom. The Hall–Kier alpha value is -3.93. The Labute approximate surface area is 194 Å². The maximum Gasteiger partial charge on any atom is 0.310 e. The average molecular weight is 445 g/mol. The number of aryl methyl sites for hydroxylation is 2. The van der Waals surface area contributed by atoms with Gasteiger partial charge in [0.2, 0.25) is 5.91 Å². The Kier molecular flexibility index (Phi) is 7.97. The minimum absolute atomic E-state index is 0.0686. The molecule has 170 valence electrons. The van der Waals surface area contributed by atoms with Gasteiger partial charge < -0.3 is 15.0 Å². The average Bonchev–Trinajstić information content (AvgIpc) is 2.81. The van der Waals surface area contributed by atoms with Gasteiger partial charge in [-0.3, -0.25) is 14.4 Å². The fourth-order valence-electron chi connectivity index (χ4n) is 3.41. The number of para-hydroxylation sites is 1. The second-order valence-corrected chi connectivity index (χ2v) is 7.97. The molecule has 0 spiro atoms. The molecule has 1 N–H and O–H groups in total. The molecule has 0 unspecified atom stereocenters. The quantitative estimate of drug-likeness (QED) is 0.530. The summed E-state index contributed by atoms with van der Waals surface area (Å²) < 4.78 is 5.12. The van der Waals surface area contributed by atoms with Gasteiger partial charge in [-0.15, -0.1) is 0 Å². The largest absolute Gasteiger partial charge is 0.455 e. The molecule has 0 aliphatic carbocycles. The van der Waals surface area contributed by atoms with Crippen LogP contribution < -0.4 is 5.32 Å². The van der Waals surface area contributed by atoms with Crippen molar-refractivity contribution in [2.75, 3.05) is 25.5 Å². The van der Waals surface area contributed by atoms with Crippen LogP contribution in [0.15, 0.2) is 72.8 Å². The third kappa shape index (κ3) is 6.77. The predicted octanol–water partition coefficient (Wildman–Crippen LogP) is 4.15. The number of ether oxygens (including phenoxy) is 1. The summed E-state index contributed by atoms with van der Waals surface area (Å²) in [6.45, 7) is 3.28. The second kappa shape index (κ2) is 11.1. The fourth-order valence-corrected chi connectivity index (χ4v) is 3.41. The predicted molar refractivity (Wildman–Crippen MR) is 129 cm³/mol. The highest BCUT2D eigenvalue weighted by molar-refractivity contribution is 5.96. The summed E-state index contributed by atoms with van der Waals surface area (Å²) in [7, 11) is 1.50. The monoisotopic (exact) mass is 444 g/mol. The van der Waals surface area contributed by atoms with Crippen LogP contribution in [0.5, 0.6) is 0 Å². The van der Waals surface area contributed by atoms with Gasteiger partial charge >= 0.3 is 5.97 Å². The van der Waals surface area contributed by atoms with Gasteiger partial charge in [0, 0.05) is 12.7 Å². The number of benzene rings is 3. The van der Waals surface area contributed by atoms with Gasteiger partial charge in [0.05, 0.1) is 13.0 Å². The van der Waals surface area contributed by atoms with Gasteiger partial charge in [-0.1, -0.05) is 72.8 Å². The van der Waals surface area contributed by atoms with Gasteiger partial charge in [-0.25, -0.2) is 0 Å². The molecule has 2 amide bonds. The zero-order valence-electron chi connectivity index (χ0n) is 19.1. The van der Waals surface area contributed by atoms with Crippen LogP contribution in [0.3, 0.4) is 0 Å². The first kappa shape index (κ1) is 23.7. The first-order valence-corrected chi connectivity index (χ1v) is 10.7. The molecule has 0 radical (unpaired) electrons. The summed E-state index contributed by atoms with van der Waals surface area (Å²) >= 11 is 0. The molecule has 3 aromatic carbocycles. The first-order chi connectivity index (χ1) is 15.8. The van der Waals surface area contributed by atoms with Crippen molar-refractivity contribution < 1.29 is 19.1 Å². The maximum atomic E-state index is 12.3. The van der Waals surface area contributed by atoms with Gasteiger partial charge in [0.15, 0.2) is 6.61 Å². The summed E-state index contributed by atoms with van der Waals surface area (Å²) in [5, 5.41) is 2.84. The molecular weight excluding hydrogens is 416 g/mol.